The number of ketones is 1. The lowest BCUT2D eigenvalue weighted by atomic mass is 10.0. The van der Waals surface area contributed by atoms with Crippen molar-refractivity contribution in [2.24, 2.45) is 0 Å². The summed E-state index contributed by atoms with van der Waals surface area (Å²) < 4.78 is 0. The van der Waals surface area contributed by atoms with E-state index in [9.17, 15) is 14.9 Å². The van der Waals surface area contributed by atoms with Crippen molar-refractivity contribution in [3.8, 4) is 0 Å². The predicted octanol–water partition coefficient (Wildman–Crippen LogP) is 6.78. The Labute approximate surface area is 212 Å². The van der Waals surface area contributed by atoms with Crippen molar-refractivity contribution in [2.45, 2.75) is 19.9 Å². The zero-order valence-electron chi connectivity index (χ0n) is 18.8. The van der Waals surface area contributed by atoms with E-state index in [0.717, 1.165) is 17.7 Å². The molecule has 0 aliphatic heterocycles. The summed E-state index contributed by atoms with van der Waals surface area (Å²) in [4.78, 5) is 31.2. The quantitative estimate of drug-likeness (QED) is 0.168. The van der Waals surface area contributed by atoms with Crippen molar-refractivity contribution in [1.29, 1.82) is 0 Å². The van der Waals surface area contributed by atoms with E-state index in [1.807, 2.05) is 6.07 Å². The van der Waals surface area contributed by atoms with E-state index in [1.165, 1.54) is 12.1 Å². The maximum absolute atomic E-state index is 12.5. The van der Waals surface area contributed by atoms with Crippen molar-refractivity contribution in [2.75, 3.05) is 5.32 Å². The monoisotopic (exact) mass is 508 g/mol. The molecule has 0 amide bonds. The third kappa shape index (κ3) is 7.34. The number of carbonyl (C=O) groups is 1. The van der Waals surface area contributed by atoms with Gasteiger partial charge < -0.3 is 5.32 Å². The van der Waals surface area contributed by atoms with E-state index >= 15 is 0 Å². The molecule has 4 rings (SSSR count). The summed E-state index contributed by atoms with van der Waals surface area (Å²) in [6, 6.07) is 20.1. The first-order chi connectivity index (χ1) is 16.9. The third-order valence-corrected chi connectivity index (χ3v) is 5.70. The molecule has 4 aromatic rings. The van der Waals surface area contributed by atoms with Gasteiger partial charge in [-0.2, -0.15) is 0 Å². The van der Waals surface area contributed by atoms with Crippen LogP contribution in [0.4, 0.5) is 11.4 Å². The number of nitro groups is 1. The molecule has 0 fully saturated rings. The van der Waals surface area contributed by atoms with Crippen molar-refractivity contribution in [1.82, 2.24) is 9.97 Å². The van der Waals surface area contributed by atoms with Gasteiger partial charge in [0, 0.05) is 35.6 Å². The number of rotatable bonds is 7. The zero-order chi connectivity index (χ0) is 25.2. The van der Waals surface area contributed by atoms with Gasteiger partial charge in [0.25, 0.3) is 5.69 Å². The van der Waals surface area contributed by atoms with Crippen LogP contribution in [-0.2, 0) is 13.0 Å². The van der Waals surface area contributed by atoms with E-state index in [0.29, 0.717) is 27.8 Å². The van der Waals surface area contributed by atoms with Gasteiger partial charge in [0.1, 0.15) is 12.0 Å². The van der Waals surface area contributed by atoms with Gasteiger partial charge in [0.2, 0.25) is 0 Å². The standard InChI is InChI=1S/C20H14Cl2N2O3.C6H8N2/c21-16-8-6-13(10-17(16)22)12-23-18-9-7-15(11-19(18)24(26)27)20(25)14-4-2-1-3-5-14;1-2-6-3-4-7-5-8-6/h1-11,23H,12H2;3-5H,2H2,1H3. The number of hydrogen-bond acceptors (Lipinski definition) is 6. The summed E-state index contributed by atoms with van der Waals surface area (Å²) in [6.45, 7) is 2.39. The second-order valence-corrected chi connectivity index (χ2v) is 8.15. The summed E-state index contributed by atoms with van der Waals surface area (Å²) in [5.74, 6) is -0.269. The highest BCUT2D eigenvalue weighted by molar-refractivity contribution is 6.42. The van der Waals surface area contributed by atoms with Crippen LogP contribution in [0.25, 0.3) is 0 Å². The van der Waals surface area contributed by atoms with Gasteiger partial charge in [-0.3, -0.25) is 14.9 Å². The van der Waals surface area contributed by atoms with Gasteiger partial charge in [-0.05, 0) is 42.3 Å². The van der Waals surface area contributed by atoms with Gasteiger partial charge in [-0.15, -0.1) is 0 Å². The fraction of sp³-hybridized carbons (Fsp3) is 0.115. The normalized spacial score (nSPS) is 10.1. The number of aryl methyl sites for hydroxylation is 1. The van der Waals surface area contributed by atoms with E-state index in [2.05, 4.69) is 22.2 Å². The first kappa shape index (κ1) is 25.8. The molecule has 0 spiro atoms. The topological polar surface area (TPSA) is 98.0 Å². The molecule has 0 radical (unpaired) electrons. The molecular weight excluding hydrogens is 487 g/mol. The highest BCUT2D eigenvalue weighted by Crippen LogP contribution is 2.28. The maximum atomic E-state index is 12.5. The van der Waals surface area contributed by atoms with E-state index < -0.39 is 4.92 Å². The molecule has 7 nitrogen and oxygen atoms in total. The number of benzene rings is 3. The summed E-state index contributed by atoms with van der Waals surface area (Å²) in [5.41, 5.74) is 2.80. The van der Waals surface area contributed by atoms with Gasteiger partial charge >= 0.3 is 0 Å². The Morgan fingerprint density at radius 1 is 0.971 bits per heavy atom. The summed E-state index contributed by atoms with van der Waals surface area (Å²) in [7, 11) is 0. The molecule has 0 aliphatic carbocycles. The third-order valence-electron chi connectivity index (χ3n) is 4.97. The molecule has 0 bridgehead atoms. The number of carbonyl (C=O) groups excluding carboxylic acids is 1. The Morgan fingerprint density at radius 3 is 2.34 bits per heavy atom. The lowest BCUT2D eigenvalue weighted by Gasteiger charge is -2.09. The first-order valence-corrected chi connectivity index (χ1v) is 11.5. The van der Waals surface area contributed by atoms with Gasteiger partial charge in [-0.1, -0.05) is 66.5 Å². The van der Waals surface area contributed by atoms with Crippen LogP contribution in [0.3, 0.4) is 0 Å². The molecule has 35 heavy (non-hydrogen) atoms. The predicted molar refractivity (Wildman–Crippen MR) is 138 cm³/mol. The molecule has 1 heterocycles. The lowest BCUT2D eigenvalue weighted by molar-refractivity contribution is -0.384. The minimum atomic E-state index is -0.515. The number of hydrogen-bond donors (Lipinski definition) is 1. The molecular formula is C26H22Cl2N4O3. The second-order valence-electron chi connectivity index (χ2n) is 7.34. The van der Waals surface area contributed by atoms with Crippen LogP contribution in [-0.4, -0.2) is 20.7 Å². The Bertz CT molecular complexity index is 1300. The molecule has 3 aromatic carbocycles. The van der Waals surface area contributed by atoms with Gasteiger partial charge in [-0.25, -0.2) is 9.97 Å². The molecule has 9 heteroatoms. The average Bonchev–Trinajstić information content (AvgIpc) is 2.90. The van der Waals surface area contributed by atoms with Crippen LogP contribution in [0.15, 0.2) is 85.3 Å². The lowest BCUT2D eigenvalue weighted by Crippen LogP contribution is -2.06. The Hall–Kier alpha value is -3.81. The number of anilines is 1. The number of nitrogens with zero attached hydrogens (tertiary/aromatic N) is 3. The molecule has 1 aromatic heterocycles. The van der Waals surface area contributed by atoms with Crippen molar-refractivity contribution >= 4 is 40.4 Å². The van der Waals surface area contributed by atoms with Crippen LogP contribution >= 0.6 is 23.2 Å². The summed E-state index contributed by atoms with van der Waals surface area (Å²) >= 11 is 11.9. The summed E-state index contributed by atoms with van der Waals surface area (Å²) in [5, 5.41) is 15.3. The van der Waals surface area contributed by atoms with Gasteiger partial charge in [0.15, 0.2) is 5.78 Å². The van der Waals surface area contributed by atoms with Crippen molar-refractivity contribution in [3.05, 3.63) is 128 Å². The largest absolute Gasteiger partial charge is 0.375 e. The number of nitro benzene ring substituents is 1. The van der Waals surface area contributed by atoms with Crippen molar-refractivity contribution in [3.63, 3.8) is 0 Å². The van der Waals surface area contributed by atoms with E-state index in [1.54, 1.807) is 67.1 Å². The SMILES string of the molecule is CCc1ccncn1.O=C(c1ccccc1)c1ccc(NCc2ccc(Cl)c(Cl)c2)c([N+](=O)[O-])c1. The second kappa shape index (κ2) is 12.6. The first-order valence-electron chi connectivity index (χ1n) is 10.7. The molecule has 0 atom stereocenters. The van der Waals surface area contributed by atoms with E-state index in [-0.39, 0.29) is 17.0 Å². The molecule has 0 unspecified atom stereocenters. The van der Waals surface area contributed by atoms with Crippen LogP contribution in [0.2, 0.25) is 10.0 Å². The highest BCUT2D eigenvalue weighted by Gasteiger charge is 2.18. The van der Waals surface area contributed by atoms with Crippen LogP contribution in [0.5, 0.6) is 0 Å². The molecule has 0 aliphatic rings. The number of aromatic nitrogens is 2. The summed E-state index contributed by atoms with van der Waals surface area (Å²) in [6.07, 6.45) is 4.31. The van der Waals surface area contributed by atoms with Gasteiger partial charge in [0.05, 0.1) is 15.0 Å². The maximum Gasteiger partial charge on any atom is 0.293 e. The fourth-order valence-corrected chi connectivity index (χ4v) is 3.42. The Kier molecular flexibility index (Phi) is 9.29. The van der Waals surface area contributed by atoms with Crippen LogP contribution < -0.4 is 5.32 Å². The zero-order valence-corrected chi connectivity index (χ0v) is 20.3. The highest BCUT2D eigenvalue weighted by atomic mass is 35.5. The molecule has 0 saturated heterocycles. The van der Waals surface area contributed by atoms with E-state index in [4.69, 9.17) is 23.2 Å². The minimum Gasteiger partial charge on any atom is -0.375 e. The Balaban J connectivity index is 0.000000363. The molecule has 1 N–H and O–H groups in total. The Morgan fingerprint density at radius 2 is 1.74 bits per heavy atom. The minimum absolute atomic E-state index is 0.170. The molecule has 0 saturated carbocycles. The van der Waals surface area contributed by atoms with Crippen molar-refractivity contribution < 1.29 is 9.72 Å². The number of halogens is 2. The fourth-order valence-electron chi connectivity index (χ4n) is 3.10. The van der Waals surface area contributed by atoms with Crippen LogP contribution in [0, 0.1) is 10.1 Å². The van der Waals surface area contributed by atoms with Crippen LogP contribution in [0.1, 0.15) is 34.1 Å². The average molecular weight is 509 g/mol. The molecule has 178 valence electrons. The smallest absolute Gasteiger partial charge is 0.293 e. The number of nitrogens with one attached hydrogen (secondary N) is 1.